The van der Waals surface area contributed by atoms with E-state index in [-0.39, 0.29) is 5.75 Å². The average Bonchev–Trinajstić information content (AvgIpc) is 3.02. The van der Waals surface area contributed by atoms with E-state index in [1.807, 2.05) is 0 Å². The van der Waals surface area contributed by atoms with Crippen molar-refractivity contribution >= 4 is 17.6 Å². The van der Waals surface area contributed by atoms with E-state index in [2.05, 4.69) is 15.2 Å². The summed E-state index contributed by atoms with van der Waals surface area (Å²) in [4.78, 5) is 3.91. The Morgan fingerprint density at radius 3 is 2.87 bits per heavy atom. The molecule has 1 aromatic carbocycles. The molecule has 0 saturated heterocycles. The van der Waals surface area contributed by atoms with Crippen LogP contribution in [-0.4, -0.2) is 22.3 Å². The largest absolute Gasteiger partial charge is 0.494 e. The van der Waals surface area contributed by atoms with Gasteiger partial charge in [0.1, 0.15) is 5.82 Å². The number of halogens is 1. The zero-order valence-electron chi connectivity index (χ0n) is 12.2. The summed E-state index contributed by atoms with van der Waals surface area (Å²) in [7, 11) is 1.43. The molecule has 0 unspecified atom stereocenters. The van der Waals surface area contributed by atoms with Gasteiger partial charge in [0, 0.05) is 17.5 Å². The molecule has 0 aliphatic rings. The first-order valence-corrected chi connectivity index (χ1v) is 7.65. The number of nitrogens with zero attached hydrogens (tertiary/aromatic N) is 3. The van der Waals surface area contributed by atoms with Gasteiger partial charge in [0.25, 0.3) is 5.22 Å². The first kappa shape index (κ1) is 15.3. The maximum Gasteiger partial charge on any atom is 0.277 e. The summed E-state index contributed by atoms with van der Waals surface area (Å²) in [5.74, 6) is 1.06. The number of nitrogen functional groups attached to an aromatic ring is 1. The molecule has 0 radical (unpaired) electrons. The maximum absolute atomic E-state index is 13.6. The highest BCUT2D eigenvalue weighted by Crippen LogP contribution is 2.27. The summed E-state index contributed by atoms with van der Waals surface area (Å²) in [6.07, 6.45) is 1.57. The highest BCUT2D eigenvalue weighted by molar-refractivity contribution is 7.98. The minimum absolute atomic E-state index is 0.217. The molecule has 0 atom stereocenters. The van der Waals surface area contributed by atoms with Crippen LogP contribution in [0.15, 0.2) is 46.2 Å². The van der Waals surface area contributed by atoms with Crippen LogP contribution in [0.2, 0.25) is 0 Å². The molecule has 2 heterocycles. The number of anilines is 1. The molecule has 0 fully saturated rings. The topological polar surface area (TPSA) is 87.1 Å². The lowest BCUT2D eigenvalue weighted by atomic mass is 10.2. The Bertz CT molecular complexity index is 825. The second-order valence-electron chi connectivity index (χ2n) is 4.60. The minimum Gasteiger partial charge on any atom is -0.494 e. The molecular formula is C15H13FN4O2S. The van der Waals surface area contributed by atoms with Crippen molar-refractivity contribution in [3.05, 3.63) is 47.9 Å². The van der Waals surface area contributed by atoms with Gasteiger partial charge in [-0.2, -0.15) is 0 Å². The van der Waals surface area contributed by atoms with Crippen molar-refractivity contribution in [3.63, 3.8) is 0 Å². The van der Waals surface area contributed by atoms with Gasteiger partial charge in [-0.15, -0.1) is 10.2 Å². The lowest BCUT2D eigenvalue weighted by molar-refractivity contribution is 0.386. The van der Waals surface area contributed by atoms with Crippen molar-refractivity contribution in [2.24, 2.45) is 0 Å². The second-order valence-corrected chi connectivity index (χ2v) is 5.53. The Balaban J connectivity index is 1.69. The van der Waals surface area contributed by atoms with E-state index in [1.54, 1.807) is 30.5 Å². The number of hydrogen-bond donors (Lipinski definition) is 1. The highest BCUT2D eigenvalue weighted by Gasteiger charge is 2.10. The Kier molecular flexibility index (Phi) is 4.42. The summed E-state index contributed by atoms with van der Waals surface area (Å²) >= 11 is 1.32. The second kappa shape index (κ2) is 6.66. The molecule has 23 heavy (non-hydrogen) atoms. The standard InChI is InChI=1S/C15H13FN4O2S/c1-21-12-3-2-9(6-11(12)16)8-23-15-20-19-14(22-15)10-4-5-18-13(17)7-10/h2-7H,8H2,1H3,(H2,17,18). The van der Waals surface area contributed by atoms with Crippen LogP contribution in [0.4, 0.5) is 10.2 Å². The highest BCUT2D eigenvalue weighted by atomic mass is 32.2. The third-order valence-corrected chi connectivity index (χ3v) is 3.90. The van der Waals surface area contributed by atoms with Crippen LogP contribution in [0.5, 0.6) is 5.75 Å². The SMILES string of the molecule is COc1ccc(CSc2nnc(-c3ccnc(N)c3)o2)cc1F. The molecular weight excluding hydrogens is 319 g/mol. The van der Waals surface area contributed by atoms with Crippen molar-refractivity contribution < 1.29 is 13.5 Å². The van der Waals surface area contributed by atoms with Crippen LogP contribution < -0.4 is 10.5 Å². The van der Waals surface area contributed by atoms with Gasteiger partial charge < -0.3 is 14.9 Å². The number of methoxy groups -OCH3 is 1. The number of ether oxygens (including phenoxy) is 1. The lowest BCUT2D eigenvalue weighted by Crippen LogP contribution is -1.90. The normalized spacial score (nSPS) is 10.7. The molecule has 2 aromatic heterocycles. The van der Waals surface area contributed by atoms with Crippen molar-refractivity contribution in [1.29, 1.82) is 0 Å². The van der Waals surface area contributed by atoms with Crippen LogP contribution in [0, 0.1) is 5.82 Å². The van der Waals surface area contributed by atoms with Gasteiger partial charge in [-0.1, -0.05) is 17.8 Å². The molecule has 0 aliphatic carbocycles. The van der Waals surface area contributed by atoms with E-state index >= 15 is 0 Å². The van der Waals surface area contributed by atoms with Crippen LogP contribution in [0.1, 0.15) is 5.56 Å². The third kappa shape index (κ3) is 3.59. The summed E-state index contributed by atoms with van der Waals surface area (Å²) in [6, 6.07) is 8.19. The molecule has 3 rings (SSSR count). The number of hydrogen-bond acceptors (Lipinski definition) is 7. The molecule has 0 bridgehead atoms. The van der Waals surface area contributed by atoms with Crippen molar-refractivity contribution in [3.8, 4) is 17.2 Å². The average molecular weight is 332 g/mol. The Hall–Kier alpha value is -2.61. The molecule has 0 aliphatic heterocycles. The molecule has 0 amide bonds. The minimum atomic E-state index is -0.399. The fraction of sp³-hybridized carbons (Fsp3) is 0.133. The molecule has 6 nitrogen and oxygen atoms in total. The van der Waals surface area contributed by atoms with Gasteiger partial charge >= 0.3 is 0 Å². The summed E-state index contributed by atoms with van der Waals surface area (Å²) in [5, 5.41) is 8.32. The van der Waals surface area contributed by atoms with Crippen LogP contribution in [0.25, 0.3) is 11.5 Å². The van der Waals surface area contributed by atoms with Crippen LogP contribution in [0.3, 0.4) is 0 Å². The fourth-order valence-electron chi connectivity index (χ4n) is 1.91. The Morgan fingerprint density at radius 2 is 2.13 bits per heavy atom. The quantitative estimate of drug-likeness (QED) is 0.718. The fourth-order valence-corrected chi connectivity index (χ4v) is 2.62. The monoisotopic (exact) mass is 332 g/mol. The number of aromatic nitrogens is 3. The van der Waals surface area contributed by atoms with E-state index in [9.17, 15) is 4.39 Å². The van der Waals surface area contributed by atoms with Crippen molar-refractivity contribution in [2.45, 2.75) is 11.0 Å². The van der Waals surface area contributed by atoms with Gasteiger partial charge in [-0.3, -0.25) is 0 Å². The number of benzene rings is 1. The van der Waals surface area contributed by atoms with Gasteiger partial charge in [0.05, 0.1) is 7.11 Å². The summed E-state index contributed by atoms with van der Waals surface area (Å²) in [6.45, 7) is 0. The number of rotatable bonds is 5. The van der Waals surface area contributed by atoms with E-state index in [0.717, 1.165) is 5.56 Å². The zero-order chi connectivity index (χ0) is 16.2. The van der Waals surface area contributed by atoms with Gasteiger partial charge in [0.15, 0.2) is 11.6 Å². The van der Waals surface area contributed by atoms with E-state index in [4.69, 9.17) is 14.9 Å². The van der Waals surface area contributed by atoms with Crippen LogP contribution in [-0.2, 0) is 5.75 Å². The number of nitrogens with two attached hydrogens (primary N) is 1. The van der Waals surface area contributed by atoms with Gasteiger partial charge in [-0.05, 0) is 29.8 Å². The molecule has 8 heteroatoms. The lowest BCUT2D eigenvalue weighted by Gasteiger charge is -2.03. The van der Waals surface area contributed by atoms with Gasteiger partial charge in [0.2, 0.25) is 5.89 Å². The molecule has 0 saturated carbocycles. The van der Waals surface area contributed by atoms with Crippen LogP contribution >= 0.6 is 11.8 Å². The predicted molar refractivity (Wildman–Crippen MR) is 84.5 cm³/mol. The van der Waals surface area contributed by atoms with Gasteiger partial charge in [-0.25, -0.2) is 9.37 Å². The molecule has 2 N–H and O–H groups in total. The first-order valence-electron chi connectivity index (χ1n) is 6.66. The van der Waals surface area contributed by atoms with E-state index in [0.29, 0.717) is 28.2 Å². The third-order valence-electron chi connectivity index (χ3n) is 3.01. The molecule has 118 valence electrons. The van der Waals surface area contributed by atoms with Crippen molar-refractivity contribution in [2.75, 3.05) is 12.8 Å². The molecule has 3 aromatic rings. The smallest absolute Gasteiger partial charge is 0.277 e. The number of thioether (sulfide) groups is 1. The maximum atomic E-state index is 13.6. The zero-order valence-corrected chi connectivity index (χ0v) is 13.0. The molecule has 0 spiro atoms. The predicted octanol–water partition coefficient (Wildman–Crippen LogP) is 3.15. The summed E-state index contributed by atoms with van der Waals surface area (Å²) < 4.78 is 24.1. The summed E-state index contributed by atoms with van der Waals surface area (Å²) in [5.41, 5.74) is 7.12. The van der Waals surface area contributed by atoms with E-state index < -0.39 is 5.82 Å². The Labute approximate surface area is 135 Å². The van der Waals surface area contributed by atoms with E-state index in [1.165, 1.54) is 24.9 Å². The Morgan fingerprint density at radius 1 is 1.26 bits per heavy atom. The number of pyridine rings is 1. The first-order chi connectivity index (χ1) is 11.2. The van der Waals surface area contributed by atoms with Crippen molar-refractivity contribution in [1.82, 2.24) is 15.2 Å².